The van der Waals surface area contributed by atoms with E-state index in [1.807, 2.05) is 12.4 Å². The van der Waals surface area contributed by atoms with Crippen LogP contribution in [0.1, 0.15) is 48.4 Å². The summed E-state index contributed by atoms with van der Waals surface area (Å²) >= 11 is 1.50. The summed E-state index contributed by atoms with van der Waals surface area (Å²) in [4.78, 5) is 21.3. The number of carbonyl (C=O) groups is 1. The average Bonchev–Trinajstić information content (AvgIpc) is 3.39. The van der Waals surface area contributed by atoms with Crippen LogP contribution in [0.25, 0.3) is 0 Å². The van der Waals surface area contributed by atoms with Crippen LogP contribution in [0.4, 0.5) is 5.13 Å². The lowest BCUT2D eigenvalue weighted by Crippen LogP contribution is -2.41. The van der Waals surface area contributed by atoms with Gasteiger partial charge in [-0.1, -0.05) is 6.07 Å². The third-order valence-corrected chi connectivity index (χ3v) is 6.53. The number of fused-ring (bicyclic) bond motifs is 1. The number of hydrogen-bond acceptors (Lipinski definition) is 5. The Bertz CT molecular complexity index is 817. The number of amides is 1. The van der Waals surface area contributed by atoms with E-state index in [-0.39, 0.29) is 11.9 Å². The first-order chi connectivity index (χ1) is 13.0. The Hall–Kier alpha value is -1.92. The fourth-order valence-corrected chi connectivity index (χ4v) is 4.43. The lowest BCUT2D eigenvalue weighted by atomic mass is 9.96. The van der Waals surface area contributed by atoms with Crippen LogP contribution in [0, 0.1) is 13.8 Å². The van der Waals surface area contributed by atoms with Crippen molar-refractivity contribution in [2.24, 2.45) is 0 Å². The van der Waals surface area contributed by atoms with E-state index in [2.05, 4.69) is 35.9 Å². The van der Waals surface area contributed by atoms with Gasteiger partial charge in [-0.15, -0.1) is 11.3 Å². The number of aromatic nitrogens is 1. The zero-order valence-corrected chi connectivity index (χ0v) is 17.1. The normalized spacial score (nSPS) is 19.3. The van der Waals surface area contributed by atoms with Crippen molar-refractivity contribution in [3.63, 3.8) is 0 Å². The van der Waals surface area contributed by atoms with Gasteiger partial charge in [0.2, 0.25) is 5.91 Å². The molecule has 2 aromatic rings. The Morgan fingerprint density at radius 3 is 2.74 bits per heavy atom. The number of thiazole rings is 1. The highest BCUT2D eigenvalue weighted by Crippen LogP contribution is 2.42. The molecule has 1 aromatic carbocycles. The monoisotopic (exact) mass is 385 g/mol. The van der Waals surface area contributed by atoms with E-state index in [1.54, 1.807) is 11.1 Å². The Morgan fingerprint density at radius 2 is 2.04 bits per heavy atom. The molecule has 4 rings (SSSR count). The van der Waals surface area contributed by atoms with Gasteiger partial charge in [-0.25, -0.2) is 4.98 Å². The molecule has 1 aliphatic carbocycles. The van der Waals surface area contributed by atoms with Crippen molar-refractivity contribution in [3.05, 3.63) is 40.4 Å². The number of rotatable bonds is 5. The fourth-order valence-electron chi connectivity index (χ4n) is 3.81. The second-order valence-electron chi connectivity index (χ2n) is 7.65. The number of anilines is 1. The Morgan fingerprint density at radius 1 is 1.26 bits per heavy atom. The van der Waals surface area contributed by atoms with Gasteiger partial charge < -0.3 is 4.74 Å². The Balaban J connectivity index is 1.61. The molecule has 1 aromatic heterocycles. The number of carbonyl (C=O) groups excluding carboxylic acids is 1. The van der Waals surface area contributed by atoms with Crippen molar-refractivity contribution in [1.29, 1.82) is 0 Å². The van der Waals surface area contributed by atoms with Gasteiger partial charge in [0, 0.05) is 36.3 Å². The minimum absolute atomic E-state index is 0.104. The van der Waals surface area contributed by atoms with Crippen LogP contribution in [0.15, 0.2) is 23.7 Å². The Labute approximate surface area is 165 Å². The van der Waals surface area contributed by atoms with E-state index < -0.39 is 0 Å². The van der Waals surface area contributed by atoms with E-state index in [1.165, 1.54) is 40.9 Å². The number of hydrogen-bond donors (Lipinski definition) is 0. The molecular formula is C21H27N3O2S. The van der Waals surface area contributed by atoms with Crippen LogP contribution in [0.2, 0.25) is 0 Å². The molecular weight excluding hydrogens is 358 g/mol. The summed E-state index contributed by atoms with van der Waals surface area (Å²) in [6.07, 6.45) is 6.13. The minimum Gasteiger partial charge on any atom is -0.493 e. The van der Waals surface area contributed by atoms with E-state index in [9.17, 15) is 4.79 Å². The van der Waals surface area contributed by atoms with Gasteiger partial charge in [-0.3, -0.25) is 14.6 Å². The highest BCUT2D eigenvalue weighted by molar-refractivity contribution is 7.13. The summed E-state index contributed by atoms with van der Waals surface area (Å²) < 4.78 is 6.05. The van der Waals surface area contributed by atoms with Gasteiger partial charge in [0.05, 0.1) is 13.2 Å². The van der Waals surface area contributed by atoms with Crippen LogP contribution in [-0.2, 0) is 4.79 Å². The number of ether oxygens (including phenoxy) is 1. The van der Waals surface area contributed by atoms with Gasteiger partial charge in [-0.05, 0) is 56.7 Å². The van der Waals surface area contributed by atoms with Crippen molar-refractivity contribution in [2.75, 3.05) is 25.1 Å². The van der Waals surface area contributed by atoms with Crippen molar-refractivity contribution in [3.8, 4) is 5.75 Å². The molecule has 0 radical (unpaired) electrons. The largest absolute Gasteiger partial charge is 0.493 e. The molecule has 1 aliphatic heterocycles. The highest BCUT2D eigenvalue weighted by Gasteiger charge is 2.38. The summed E-state index contributed by atoms with van der Waals surface area (Å²) in [6.45, 7) is 5.46. The standard InChI is InChI=1S/C21H27N3O2S/c1-14-11-17-18(5-4-9-26-19(17)12-15(14)2)24(16-6-7-16)13-20(25)23(3)21-22-8-10-27-21/h8,10-12,16,18H,4-7,9,13H2,1-3H3. The Kier molecular flexibility index (Phi) is 5.19. The molecule has 144 valence electrons. The molecule has 0 spiro atoms. The minimum atomic E-state index is 0.104. The fraction of sp³-hybridized carbons (Fsp3) is 0.524. The zero-order valence-electron chi connectivity index (χ0n) is 16.3. The molecule has 1 atom stereocenters. The molecule has 5 nitrogen and oxygen atoms in total. The third-order valence-electron chi connectivity index (χ3n) is 5.68. The van der Waals surface area contributed by atoms with Gasteiger partial charge in [-0.2, -0.15) is 0 Å². The summed E-state index contributed by atoms with van der Waals surface area (Å²) in [5.74, 6) is 1.10. The molecule has 2 heterocycles. The third kappa shape index (κ3) is 3.87. The lowest BCUT2D eigenvalue weighted by molar-refractivity contribution is -0.120. The number of aryl methyl sites for hydroxylation is 2. The summed E-state index contributed by atoms with van der Waals surface area (Å²) in [5, 5.41) is 2.66. The first kappa shape index (κ1) is 18.4. The first-order valence-electron chi connectivity index (χ1n) is 9.70. The maximum absolute atomic E-state index is 13.0. The van der Waals surface area contributed by atoms with Crippen molar-refractivity contribution in [1.82, 2.24) is 9.88 Å². The van der Waals surface area contributed by atoms with Crippen LogP contribution in [0.5, 0.6) is 5.75 Å². The summed E-state index contributed by atoms with van der Waals surface area (Å²) in [6, 6.07) is 5.17. The molecule has 27 heavy (non-hydrogen) atoms. The second kappa shape index (κ2) is 7.60. The molecule has 0 bridgehead atoms. The zero-order chi connectivity index (χ0) is 19.0. The molecule has 0 N–H and O–H groups in total. The summed E-state index contributed by atoms with van der Waals surface area (Å²) in [7, 11) is 1.82. The van der Waals surface area contributed by atoms with Crippen molar-refractivity contribution < 1.29 is 9.53 Å². The second-order valence-corrected chi connectivity index (χ2v) is 8.52. The SMILES string of the molecule is Cc1cc2c(cc1C)C(N(CC(=O)N(C)c1nccs1)C1CC1)CCCO2. The van der Waals surface area contributed by atoms with Crippen molar-refractivity contribution in [2.45, 2.75) is 51.6 Å². The van der Waals surface area contributed by atoms with Crippen molar-refractivity contribution >= 4 is 22.4 Å². The molecule has 1 unspecified atom stereocenters. The van der Waals surface area contributed by atoms with E-state index in [0.717, 1.165) is 30.3 Å². The molecule has 1 fully saturated rings. The van der Waals surface area contributed by atoms with E-state index in [4.69, 9.17) is 4.74 Å². The molecule has 1 saturated carbocycles. The van der Waals surface area contributed by atoms with Gasteiger partial charge >= 0.3 is 0 Å². The van der Waals surface area contributed by atoms with E-state index in [0.29, 0.717) is 12.6 Å². The van der Waals surface area contributed by atoms with Crippen LogP contribution >= 0.6 is 11.3 Å². The summed E-state index contributed by atoms with van der Waals surface area (Å²) in [5.41, 5.74) is 3.78. The molecule has 6 heteroatoms. The molecule has 2 aliphatic rings. The predicted octanol–water partition coefficient (Wildman–Crippen LogP) is 4.10. The first-order valence-corrected chi connectivity index (χ1v) is 10.6. The molecule has 1 amide bonds. The number of benzene rings is 1. The van der Waals surface area contributed by atoms with Crippen LogP contribution < -0.4 is 9.64 Å². The van der Waals surface area contributed by atoms with Gasteiger partial charge in [0.15, 0.2) is 5.13 Å². The van der Waals surface area contributed by atoms with Gasteiger partial charge in [0.25, 0.3) is 0 Å². The lowest BCUT2D eigenvalue weighted by Gasteiger charge is -2.32. The number of nitrogens with zero attached hydrogens (tertiary/aromatic N) is 3. The molecule has 0 saturated heterocycles. The van der Waals surface area contributed by atoms with Crippen LogP contribution in [0.3, 0.4) is 0 Å². The van der Waals surface area contributed by atoms with Gasteiger partial charge in [0.1, 0.15) is 5.75 Å². The van der Waals surface area contributed by atoms with Crippen LogP contribution in [-0.4, -0.2) is 42.0 Å². The maximum atomic E-state index is 13.0. The topological polar surface area (TPSA) is 45.7 Å². The number of likely N-dealkylation sites (N-methyl/N-ethyl adjacent to an activating group) is 1. The maximum Gasteiger partial charge on any atom is 0.242 e. The quantitative estimate of drug-likeness (QED) is 0.777. The predicted molar refractivity (Wildman–Crippen MR) is 109 cm³/mol. The average molecular weight is 386 g/mol. The smallest absolute Gasteiger partial charge is 0.242 e. The van der Waals surface area contributed by atoms with E-state index >= 15 is 0 Å². The highest BCUT2D eigenvalue weighted by atomic mass is 32.1.